The van der Waals surface area contributed by atoms with Crippen molar-refractivity contribution in [1.29, 1.82) is 0 Å². The molecular weight excluding hydrogens is 513 g/mol. The largest absolute Gasteiger partial charge is 0.490 e. The molecule has 2 saturated heterocycles. The van der Waals surface area contributed by atoms with Crippen LogP contribution < -0.4 is 10.2 Å². The van der Waals surface area contributed by atoms with Crippen LogP contribution in [0.25, 0.3) is 0 Å². The molecule has 0 radical (unpaired) electrons. The van der Waals surface area contributed by atoms with Crippen molar-refractivity contribution in [1.82, 2.24) is 15.2 Å². The van der Waals surface area contributed by atoms with E-state index in [9.17, 15) is 22.8 Å². The SMILES string of the molecule is Cc1ccccc1C(=O)N1CCC[C@]2(C(=O)NCC3CC3)CN(c3ccccn3)C[C@@H]2C1.O=C(O)C(F)(F)F. The fourth-order valence-electron chi connectivity index (χ4n) is 5.42. The van der Waals surface area contributed by atoms with Gasteiger partial charge in [-0.05, 0) is 62.3 Å². The summed E-state index contributed by atoms with van der Waals surface area (Å²) in [6, 6.07) is 13.7. The Kier molecular flexibility index (Phi) is 8.46. The number of hydrogen-bond acceptors (Lipinski definition) is 5. The number of benzene rings is 1. The van der Waals surface area contributed by atoms with Crippen LogP contribution in [0.3, 0.4) is 0 Å². The molecule has 0 unspecified atom stereocenters. The lowest BCUT2D eigenvalue weighted by molar-refractivity contribution is -0.192. The van der Waals surface area contributed by atoms with Gasteiger partial charge in [0.15, 0.2) is 0 Å². The number of aromatic nitrogens is 1. The summed E-state index contributed by atoms with van der Waals surface area (Å²) in [5, 5.41) is 10.4. The molecule has 2 aromatic rings. The van der Waals surface area contributed by atoms with Crippen molar-refractivity contribution in [2.24, 2.45) is 17.3 Å². The summed E-state index contributed by atoms with van der Waals surface area (Å²) in [6.07, 6.45) is 0.790. The molecule has 3 heterocycles. The summed E-state index contributed by atoms with van der Waals surface area (Å²) in [6.45, 7) is 5.48. The van der Waals surface area contributed by atoms with Gasteiger partial charge in [-0.25, -0.2) is 9.78 Å². The molecule has 3 fully saturated rings. The Balaban J connectivity index is 0.000000448. The Morgan fingerprint density at radius 1 is 1.10 bits per heavy atom. The number of amides is 2. The van der Waals surface area contributed by atoms with Crippen LogP contribution >= 0.6 is 0 Å². The molecule has 1 saturated carbocycles. The van der Waals surface area contributed by atoms with Crippen LogP contribution in [0.1, 0.15) is 41.6 Å². The summed E-state index contributed by atoms with van der Waals surface area (Å²) in [5.41, 5.74) is 1.28. The van der Waals surface area contributed by atoms with E-state index >= 15 is 0 Å². The number of carboxylic acids is 1. The third-order valence-corrected chi connectivity index (χ3v) is 7.77. The normalized spacial score (nSPS) is 22.7. The first-order valence-electron chi connectivity index (χ1n) is 13.1. The smallest absolute Gasteiger partial charge is 0.475 e. The van der Waals surface area contributed by atoms with E-state index in [1.165, 1.54) is 12.8 Å². The van der Waals surface area contributed by atoms with Gasteiger partial charge in [0.2, 0.25) is 5.91 Å². The average Bonchev–Trinajstić information content (AvgIpc) is 3.70. The molecule has 210 valence electrons. The monoisotopic (exact) mass is 546 g/mol. The molecule has 2 amide bonds. The molecule has 8 nitrogen and oxygen atoms in total. The number of aryl methyl sites for hydroxylation is 1. The lowest BCUT2D eigenvalue weighted by Gasteiger charge is -2.32. The number of halogens is 3. The van der Waals surface area contributed by atoms with Gasteiger partial charge in [-0.15, -0.1) is 0 Å². The second kappa shape index (κ2) is 11.6. The van der Waals surface area contributed by atoms with Gasteiger partial charge in [0.1, 0.15) is 5.82 Å². The van der Waals surface area contributed by atoms with Crippen LogP contribution in [0.5, 0.6) is 0 Å². The molecule has 39 heavy (non-hydrogen) atoms. The van der Waals surface area contributed by atoms with E-state index in [-0.39, 0.29) is 17.7 Å². The van der Waals surface area contributed by atoms with Crippen LogP contribution in [-0.4, -0.2) is 71.7 Å². The topological polar surface area (TPSA) is 103 Å². The maximum atomic E-state index is 13.6. The Hall–Kier alpha value is -3.63. The zero-order chi connectivity index (χ0) is 28.2. The molecule has 2 atom stereocenters. The number of alkyl halides is 3. The molecular formula is C28H33F3N4O4. The molecule has 11 heteroatoms. The van der Waals surface area contributed by atoms with Gasteiger partial charge in [-0.1, -0.05) is 24.3 Å². The van der Waals surface area contributed by atoms with Crippen molar-refractivity contribution in [2.45, 2.75) is 38.8 Å². The number of likely N-dealkylation sites (tertiary alicyclic amines) is 1. The number of carbonyl (C=O) groups excluding carboxylic acids is 2. The van der Waals surface area contributed by atoms with Crippen molar-refractivity contribution in [3.05, 3.63) is 59.8 Å². The standard InChI is InChI=1S/C26H32N4O2.C2HF3O2/c1-19-7-2-3-8-22(19)24(31)29-14-6-12-26(25(32)28-15-20-10-11-20)18-30(17-21(26)16-29)23-9-4-5-13-27-23;3-2(4,5)1(6)7/h2-5,7-9,13,20-21H,6,10-12,14-18H2,1H3,(H,28,32);(H,6,7)/t21-,26-;/m0./s1. The Bertz CT molecular complexity index is 1190. The Morgan fingerprint density at radius 2 is 1.79 bits per heavy atom. The number of carbonyl (C=O) groups is 3. The molecule has 0 spiro atoms. The highest BCUT2D eigenvalue weighted by molar-refractivity contribution is 5.96. The maximum Gasteiger partial charge on any atom is 0.490 e. The van der Waals surface area contributed by atoms with Crippen molar-refractivity contribution in [3.63, 3.8) is 0 Å². The van der Waals surface area contributed by atoms with E-state index in [1.807, 2.05) is 54.3 Å². The number of pyridine rings is 1. The highest BCUT2D eigenvalue weighted by atomic mass is 19.4. The van der Waals surface area contributed by atoms with Gasteiger partial charge in [0.25, 0.3) is 5.91 Å². The van der Waals surface area contributed by atoms with E-state index in [4.69, 9.17) is 9.90 Å². The predicted molar refractivity (Wildman–Crippen MR) is 138 cm³/mol. The average molecular weight is 547 g/mol. The number of rotatable bonds is 5. The minimum atomic E-state index is -5.08. The second-order valence-electron chi connectivity index (χ2n) is 10.5. The first-order chi connectivity index (χ1) is 18.5. The number of nitrogens with one attached hydrogen (secondary N) is 1. The summed E-state index contributed by atoms with van der Waals surface area (Å²) >= 11 is 0. The number of nitrogens with zero attached hydrogens (tertiary/aromatic N) is 3. The fourth-order valence-corrected chi connectivity index (χ4v) is 5.42. The zero-order valence-corrected chi connectivity index (χ0v) is 21.8. The molecule has 3 aliphatic rings. The van der Waals surface area contributed by atoms with Gasteiger partial charge < -0.3 is 20.2 Å². The van der Waals surface area contributed by atoms with Crippen molar-refractivity contribution >= 4 is 23.6 Å². The van der Waals surface area contributed by atoms with Gasteiger partial charge >= 0.3 is 12.1 Å². The molecule has 1 aromatic carbocycles. The van der Waals surface area contributed by atoms with Crippen LogP contribution in [0.15, 0.2) is 48.7 Å². The number of carboxylic acid groups (broad SMARTS) is 1. The molecule has 1 aliphatic carbocycles. The number of anilines is 1. The quantitative estimate of drug-likeness (QED) is 0.590. The molecule has 2 aliphatic heterocycles. The Labute approximate surface area is 225 Å². The van der Waals surface area contributed by atoms with Crippen molar-refractivity contribution < 1.29 is 32.7 Å². The van der Waals surface area contributed by atoms with Gasteiger partial charge in [-0.2, -0.15) is 13.2 Å². The summed E-state index contributed by atoms with van der Waals surface area (Å²) in [4.78, 5) is 44.7. The second-order valence-corrected chi connectivity index (χ2v) is 10.5. The highest BCUT2D eigenvalue weighted by Gasteiger charge is 2.54. The fraction of sp³-hybridized carbons (Fsp3) is 0.500. The third kappa shape index (κ3) is 6.69. The van der Waals surface area contributed by atoms with E-state index in [0.717, 1.165) is 42.9 Å². The zero-order valence-electron chi connectivity index (χ0n) is 21.8. The third-order valence-electron chi connectivity index (χ3n) is 7.77. The van der Waals surface area contributed by atoms with Crippen LogP contribution in [-0.2, 0) is 9.59 Å². The first kappa shape index (κ1) is 28.4. The highest BCUT2D eigenvalue weighted by Crippen LogP contribution is 2.44. The molecule has 0 bridgehead atoms. The van der Waals surface area contributed by atoms with Crippen LogP contribution in [0, 0.1) is 24.2 Å². The predicted octanol–water partition coefficient (Wildman–Crippen LogP) is 3.91. The van der Waals surface area contributed by atoms with E-state index in [0.29, 0.717) is 25.6 Å². The van der Waals surface area contributed by atoms with Crippen molar-refractivity contribution in [2.75, 3.05) is 37.6 Å². The summed E-state index contributed by atoms with van der Waals surface area (Å²) < 4.78 is 31.7. The van der Waals surface area contributed by atoms with Crippen LogP contribution in [0.2, 0.25) is 0 Å². The Morgan fingerprint density at radius 3 is 2.41 bits per heavy atom. The lowest BCUT2D eigenvalue weighted by atomic mass is 9.74. The first-order valence-corrected chi connectivity index (χ1v) is 13.1. The minimum Gasteiger partial charge on any atom is -0.475 e. The van der Waals surface area contributed by atoms with Crippen molar-refractivity contribution in [3.8, 4) is 0 Å². The maximum absolute atomic E-state index is 13.6. The van der Waals surface area contributed by atoms with Gasteiger partial charge in [0, 0.05) is 50.4 Å². The van der Waals surface area contributed by atoms with E-state index in [1.54, 1.807) is 6.20 Å². The molecule has 1 aromatic heterocycles. The molecule has 5 rings (SSSR count). The minimum absolute atomic E-state index is 0.0774. The molecule has 2 N–H and O–H groups in total. The van der Waals surface area contributed by atoms with E-state index in [2.05, 4.69) is 15.2 Å². The summed E-state index contributed by atoms with van der Waals surface area (Å²) in [5.74, 6) is -0.878. The lowest BCUT2D eigenvalue weighted by Crippen LogP contribution is -2.48. The summed E-state index contributed by atoms with van der Waals surface area (Å²) in [7, 11) is 0. The van der Waals surface area contributed by atoms with E-state index < -0.39 is 17.6 Å². The van der Waals surface area contributed by atoms with Crippen LogP contribution in [0.4, 0.5) is 19.0 Å². The van der Waals surface area contributed by atoms with Gasteiger partial charge in [-0.3, -0.25) is 9.59 Å². The number of aliphatic carboxylic acids is 1. The number of hydrogen-bond donors (Lipinski definition) is 2. The number of fused-ring (bicyclic) bond motifs is 1. The van der Waals surface area contributed by atoms with Gasteiger partial charge in [0.05, 0.1) is 5.41 Å².